The van der Waals surface area contributed by atoms with Gasteiger partial charge in [-0.25, -0.2) is 0 Å². The minimum atomic E-state index is -0.356. The van der Waals surface area contributed by atoms with Crippen LogP contribution in [-0.4, -0.2) is 34.7 Å². The van der Waals surface area contributed by atoms with Gasteiger partial charge in [-0.3, -0.25) is 4.79 Å². The zero-order chi connectivity index (χ0) is 14.9. The highest BCUT2D eigenvalue weighted by Gasteiger charge is 2.37. The van der Waals surface area contributed by atoms with Crippen molar-refractivity contribution in [2.75, 3.05) is 13.7 Å². The van der Waals surface area contributed by atoms with E-state index in [0.29, 0.717) is 17.1 Å². The quantitative estimate of drug-likeness (QED) is 0.935. The fourth-order valence-corrected chi connectivity index (χ4v) is 3.33. The molecule has 0 fully saturated rings. The minimum Gasteiger partial charge on any atom is -0.376 e. The molecule has 0 aliphatic heterocycles. The maximum Gasteiger partial charge on any atom is 0.265 e. The molecule has 0 radical (unpaired) electrons. The molecule has 1 amide bonds. The molecule has 1 aromatic heterocycles. The third-order valence-corrected chi connectivity index (χ3v) is 4.83. The second kappa shape index (κ2) is 5.54. The van der Waals surface area contributed by atoms with Crippen LogP contribution in [0.5, 0.6) is 0 Å². The maximum absolute atomic E-state index is 12.2. The first-order valence-electron chi connectivity index (χ1n) is 6.83. The van der Waals surface area contributed by atoms with Crippen molar-refractivity contribution in [3.63, 3.8) is 0 Å². The summed E-state index contributed by atoms with van der Waals surface area (Å²) < 4.78 is 9.53. The van der Waals surface area contributed by atoms with Gasteiger partial charge in [0, 0.05) is 26.5 Å². The van der Waals surface area contributed by atoms with Gasteiger partial charge in [-0.2, -0.15) is 0 Å². The highest BCUT2D eigenvalue weighted by Crippen LogP contribution is 2.32. The number of nitrogens with zero attached hydrogens (tertiary/aromatic N) is 2. The van der Waals surface area contributed by atoms with Crippen LogP contribution < -0.4 is 5.32 Å². The molecule has 110 valence electrons. The lowest BCUT2D eigenvalue weighted by molar-refractivity contribution is 0.000201. The highest BCUT2D eigenvalue weighted by molar-refractivity contribution is 7.07. The van der Waals surface area contributed by atoms with Crippen molar-refractivity contribution < 1.29 is 9.53 Å². The van der Waals surface area contributed by atoms with Crippen LogP contribution in [0.2, 0.25) is 0 Å². The number of amides is 1. The zero-order valence-corrected chi connectivity index (χ0v) is 12.9. The molecule has 0 unspecified atom stereocenters. The molecule has 6 heteroatoms. The molecule has 1 aliphatic rings. The molecule has 0 atom stereocenters. The Labute approximate surface area is 127 Å². The Kier molecular flexibility index (Phi) is 3.73. The second-order valence-corrected chi connectivity index (χ2v) is 6.13. The summed E-state index contributed by atoms with van der Waals surface area (Å²) in [6.07, 6.45) is 1.64. The van der Waals surface area contributed by atoms with Gasteiger partial charge in [0.1, 0.15) is 4.88 Å². The molecule has 1 heterocycles. The summed E-state index contributed by atoms with van der Waals surface area (Å²) in [5, 5.41) is 6.82. The van der Waals surface area contributed by atoms with Crippen molar-refractivity contribution in [2.24, 2.45) is 0 Å². The van der Waals surface area contributed by atoms with Gasteiger partial charge in [0.15, 0.2) is 0 Å². The highest BCUT2D eigenvalue weighted by atomic mass is 32.1. The molecule has 1 aromatic carbocycles. The van der Waals surface area contributed by atoms with Crippen LogP contribution in [0.3, 0.4) is 0 Å². The Hall–Kier alpha value is -1.79. The van der Waals surface area contributed by atoms with Gasteiger partial charge in [-0.15, -0.1) is 5.10 Å². The van der Waals surface area contributed by atoms with Crippen LogP contribution in [-0.2, 0) is 17.6 Å². The smallest absolute Gasteiger partial charge is 0.265 e. The Morgan fingerprint density at radius 1 is 1.38 bits per heavy atom. The number of aromatic nitrogens is 2. The Balaban J connectivity index is 1.70. The molecule has 5 nitrogen and oxygen atoms in total. The number of nitrogens with one attached hydrogen (secondary N) is 1. The van der Waals surface area contributed by atoms with E-state index in [1.807, 2.05) is 12.1 Å². The van der Waals surface area contributed by atoms with Crippen LogP contribution in [0.15, 0.2) is 24.3 Å². The van der Waals surface area contributed by atoms with E-state index in [9.17, 15) is 4.79 Å². The molecular weight excluding hydrogens is 286 g/mol. The number of fused-ring (bicyclic) bond motifs is 1. The van der Waals surface area contributed by atoms with Crippen molar-refractivity contribution in [3.05, 3.63) is 46.0 Å². The van der Waals surface area contributed by atoms with Gasteiger partial charge < -0.3 is 10.1 Å². The topological polar surface area (TPSA) is 64.1 Å². The summed E-state index contributed by atoms with van der Waals surface area (Å²) in [4.78, 5) is 12.7. The van der Waals surface area contributed by atoms with Crippen LogP contribution in [0.1, 0.15) is 26.5 Å². The van der Waals surface area contributed by atoms with Gasteiger partial charge in [0.05, 0.1) is 11.3 Å². The maximum atomic E-state index is 12.2. The average Bonchev–Trinajstić information content (AvgIpc) is 3.08. The number of methoxy groups -OCH3 is 1. The lowest BCUT2D eigenvalue weighted by atomic mass is 10.00. The molecule has 0 saturated heterocycles. The molecule has 0 saturated carbocycles. The lowest BCUT2D eigenvalue weighted by Gasteiger charge is -2.27. The first-order chi connectivity index (χ1) is 10.1. The lowest BCUT2D eigenvalue weighted by Crippen LogP contribution is -2.45. The van der Waals surface area contributed by atoms with E-state index in [1.54, 1.807) is 14.0 Å². The normalized spacial score (nSPS) is 15.7. The van der Waals surface area contributed by atoms with Crippen molar-refractivity contribution in [3.8, 4) is 0 Å². The fourth-order valence-electron chi connectivity index (χ4n) is 2.76. The first kappa shape index (κ1) is 14.2. The number of benzene rings is 1. The molecule has 2 aromatic rings. The molecular formula is C15H17N3O2S. The average molecular weight is 303 g/mol. The number of carbonyl (C=O) groups is 1. The Morgan fingerprint density at radius 2 is 2.05 bits per heavy atom. The fraction of sp³-hybridized carbons (Fsp3) is 0.400. The van der Waals surface area contributed by atoms with Gasteiger partial charge in [0.2, 0.25) is 0 Å². The van der Waals surface area contributed by atoms with Crippen LogP contribution in [0.25, 0.3) is 0 Å². The largest absolute Gasteiger partial charge is 0.376 e. The zero-order valence-electron chi connectivity index (χ0n) is 12.0. The predicted molar refractivity (Wildman–Crippen MR) is 80.6 cm³/mol. The number of hydrogen-bond donors (Lipinski definition) is 1. The number of hydrogen-bond acceptors (Lipinski definition) is 5. The summed E-state index contributed by atoms with van der Waals surface area (Å²) in [7, 11) is 1.71. The van der Waals surface area contributed by atoms with Gasteiger partial charge in [0.25, 0.3) is 5.91 Å². The number of ether oxygens (including phenoxy) is 1. The van der Waals surface area contributed by atoms with E-state index in [1.165, 1.54) is 11.1 Å². The van der Waals surface area contributed by atoms with Crippen molar-refractivity contribution in [1.82, 2.24) is 14.9 Å². The van der Waals surface area contributed by atoms with Gasteiger partial charge in [-0.05, 0) is 29.6 Å². The second-order valence-electron chi connectivity index (χ2n) is 5.38. The minimum absolute atomic E-state index is 0.130. The van der Waals surface area contributed by atoms with Crippen LogP contribution in [0.4, 0.5) is 0 Å². The predicted octanol–water partition coefficient (Wildman–Crippen LogP) is 1.76. The Morgan fingerprint density at radius 3 is 2.57 bits per heavy atom. The Bertz CT molecular complexity index is 643. The van der Waals surface area contributed by atoms with E-state index < -0.39 is 0 Å². The summed E-state index contributed by atoms with van der Waals surface area (Å²) in [5.74, 6) is -0.130. The third kappa shape index (κ3) is 2.69. The number of carbonyl (C=O) groups excluding carboxylic acids is 1. The summed E-state index contributed by atoms with van der Waals surface area (Å²) in [6.45, 7) is 2.27. The van der Waals surface area contributed by atoms with E-state index in [0.717, 1.165) is 24.4 Å². The molecule has 0 spiro atoms. The molecule has 0 bridgehead atoms. The van der Waals surface area contributed by atoms with E-state index in [2.05, 4.69) is 27.0 Å². The van der Waals surface area contributed by atoms with Gasteiger partial charge in [-0.1, -0.05) is 28.8 Å². The van der Waals surface area contributed by atoms with E-state index in [4.69, 9.17) is 4.74 Å². The standard InChI is InChI=1S/C15H17N3O2S/c1-10-13(21-18-17-10)14(19)16-9-15(20-2)7-11-5-3-4-6-12(11)8-15/h3-6H,7-9H2,1-2H3,(H,16,19). The van der Waals surface area contributed by atoms with Crippen molar-refractivity contribution in [2.45, 2.75) is 25.4 Å². The molecule has 1 N–H and O–H groups in total. The molecule has 21 heavy (non-hydrogen) atoms. The summed E-state index contributed by atoms with van der Waals surface area (Å²) in [6, 6.07) is 8.31. The molecule has 1 aliphatic carbocycles. The van der Waals surface area contributed by atoms with Gasteiger partial charge >= 0.3 is 0 Å². The van der Waals surface area contributed by atoms with E-state index in [-0.39, 0.29) is 11.5 Å². The number of rotatable bonds is 4. The van der Waals surface area contributed by atoms with Crippen LogP contribution in [0, 0.1) is 6.92 Å². The van der Waals surface area contributed by atoms with E-state index >= 15 is 0 Å². The van der Waals surface area contributed by atoms with Crippen molar-refractivity contribution in [1.29, 1.82) is 0 Å². The first-order valence-corrected chi connectivity index (χ1v) is 7.60. The number of aryl methyl sites for hydroxylation is 1. The van der Waals surface area contributed by atoms with Crippen molar-refractivity contribution >= 4 is 17.4 Å². The summed E-state index contributed by atoms with van der Waals surface area (Å²) in [5.41, 5.74) is 2.90. The summed E-state index contributed by atoms with van der Waals surface area (Å²) >= 11 is 1.12. The third-order valence-electron chi connectivity index (χ3n) is 4.01. The molecule has 3 rings (SSSR count). The monoisotopic (exact) mass is 303 g/mol. The van der Waals surface area contributed by atoms with Crippen LogP contribution >= 0.6 is 11.5 Å². The SMILES string of the molecule is COC1(CNC(=O)c2snnc2C)Cc2ccccc2C1.